The third-order valence-corrected chi connectivity index (χ3v) is 2.94. The van der Waals surface area contributed by atoms with Gasteiger partial charge in [-0.05, 0) is 31.2 Å². The van der Waals surface area contributed by atoms with Crippen LogP contribution in [0.2, 0.25) is 0 Å². The molecule has 3 heteroatoms. The lowest BCUT2D eigenvalue weighted by atomic mass is 10.2. The molecule has 0 atom stereocenters. The van der Waals surface area contributed by atoms with E-state index in [-0.39, 0.29) is 0 Å². The first-order valence-corrected chi connectivity index (χ1v) is 7.31. The maximum Gasteiger partial charge on any atom is 0.119 e. The van der Waals surface area contributed by atoms with Crippen LogP contribution in [-0.4, -0.2) is 26.9 Å². The Labute approximate surface area is 117 Å². The Balaban J connectivity index is 2.02. The Morgan fingerprint density at radius 3 is 2.42 bits per heavy atom. The van der Waals surface area contributed by atoms with E-state index in [9.17, 15) is 0 Å². The second-order valence-corrected chi connectivity index (χ2v) is 4.70. The van der Waals surface area contributed by atoms with E-state index in [0.29, 0.717) is 13.2 Å². The molecule has 0 unspecified atom stereocenters. The van der Waals surface area contributed by atoms with Gasteiger partial charge in [-0.1, -0.05) is 38.3 Å². The molecule has 0 amide bonds. The third-order valence-electron chi connectivity index (χ3n) is 2.94. The van der Waals surface area contributed by atoms with E-state index >= 15 is 0 Å². The highest BCUT2D eigenvalue weighted by Gasteiger charge is 1.95. The summed E-state index contributed by atoms with van der Waals surface area (Å²) >= 11 is 0. The number of hydrogen-bond acceptors (Lipinski definition) is 3. The summed E-state index contributed by atoms with van der Waals surface area (Å²) in [5.74, 6) is 0.912. The largest absolute Gasteiger partial charge is 0.491 e. The molecule has 0 aliphatic heterocycles. The van der Waals surface area contributed by atoms with Crippen LogP contribution in [0.4, 0.5) is 0 Å². The fraction of sp³-hybridized carbons (Fsp3) is 0.625. The number of benzene rings is 1. The van der Waals surface area contributed by atoms with E-state index in [0.717, 1.165) is 25.3 Å². The smallest absolute Gasteiger partial charge is 0.119 e. The summed E-state index contributed by atoms with van der Waals surface area (Å²) in [4.78, 5) is 0. The van der Waals surface area contributed by atoms with Crippen LogP contribution in [0.5, 0.6) is 5.75 Å². The highest BCUT2D eigenvalue weighted by molar-refractivity contribution is 5.27. The monoisotopic (exact) mass is 265 g/mol. The lowest BCUT2D eigenvalue weighted by molar-refractivity contribution is 0.0971. The summed E-state index contributed by atoms with van der Waals surface area (Å²) in [6.07, 6.45) is 5.00. The zero-order chi connectivity index (χ0) is 13.8. The van der Waals surface area contributed by atoms with Gasteiger partial charge in [0.15, 0.2) is 0 Å². The third kappa shape index (κ3) is 7.85. The zero-order valence-corrected chi connectivity index (χ0v) is 12.3. The fourth-order valence-corrected chi connectivity index (χ4v) is 1.86. The Morgan fingerprint density at radius 2 is 1.74 bits per heavy atom. The van der Waals surface area contributed by atoms with Crippen LogP contribution >= 0.6 is 0 Å². The van der Waals surface area contributed by atoms with Gasteiger partial charge in [0.2, 0.25) is 0 Å². The molecule has 1 aromatic carbocycles. The molecular formula is C16H27NO2. The number of nitrogens with one attached hydrogen (secondary N) is 1. The zero-order valence-electron chi connectivity index (χ0n) is 12.3. The minimum Gasteiger partial charge on any atom is -0.491 e. The maximum absolute atomic E-state index is 5.62. The van der Waals surface area contributed by atoms with E-state index in [1.807, 2.05) is 19.2 Å². The Kier molecular flexibility index (Phi) is 9.11. The molecule has 0 aliphatic carbocycles. The molecule has 0 fully saturated rings. The van der Waals surface area contributed by atoms with Gasteiger partial charge in [-0.25, -0.2) is 0 Å². The molecule has 1 rings (SSSR count). The fourth-order valence-electron chi connectivity index (χ4n) is 1.86. The van der Waals surface area contributed by atoms with Gasteiger partial charge >= 0.3 is 0 Å². The molecule has 0 aliphatic rings. The van der Waals surface area contributed by atoms with Gasteiger partial charge in [0.25, 0.3) is 0 Å². The van der Waals surface area contributed by atoms with Gasteiger partial charge in [0.05, 0.1) is 6.61 Å². The molecular weight excluding hydrogens is 238 g/mol. The highest BCUT2D eigenvalue weighted by atomic mass is 16.5. The second kappa shape index (κ2) is 10.8. The van der Waals surface area contributed by atoms with E-state index in [2.05, 4.69) is 24.4 Å². The molecule has 19 heavy (non-hydrogen) atoms. The van der Waals surface area contributed by atoms with Crippen molar-refractivity contribution in [3.8, 4) is 5.75 Å². The van der Waals surface area contributed by atoms with Crippen LogP contribution in [0.25, 0.3) is 0 Å². The summed E-state index contributed by atoms with van der Waals surface area (Å²) in [5, 5.41) is 3.12. The van der Waals surface area contributed by atoms with Crippen molar-refractivity contribution in [2.75, 3.05) is 26.9 Å². The van der Waals surface area contributed by atoms with E-state index in [4.69, 9.17) is 9.47 Å². The Bertz CT molecular complexity index is 311. The first-order chi connectivity index (χ1) is 9.36. The van der Waals surface area contributed by atoms with Gasteiger partial charge < -0.3 is 14.8 Å². The van der Waals surface area contributed by atoms with Crippen molar-refractivity contribution in [1.82, 2.24) is 5.32 Å². The van der Waals surface area contributed by atoms with Crippen molar-refractivity contribution >= 4 is 0 Å². The number of ether oxygens (including phenoxy) is 2. The minimum absolute atomic E-state index is 0.624. The summed E-state index contributed by atoms with van der Waals surface area (Å²) in [6, 6.07) is 8.18. The van der Waals surface area contributed by atoms with Crippen molar-refractivity contribution in [3.63, 3.8) is 0 Å². The average Bonchev–Trinajstić information content (AvgIpc) is 2.44. The summed E-state index contributed by atoms with van der Waals surface area (Å²) < 4.78 is 11.2. The number of hydrogen-bond donors (Lipinski definition) is 1. The normalized spacial score (nSPS) is 10.6. The molecule has 0 radical (unpaired) electrons. The Hall–Kier alpha value is -1.06. The number of rotatable bonds is 11. The maximum atomic E-state index is 5.62. The van der Waals surface area contributed by atoms with Gasteiger partial charge in [-0.15, -0.1) is 0 Å². The van der Waals surface area contributed by atoms with Crippen LogP contribution in [0.1, 0.15) is 38.2 Å². The molecule has 0 saturated heterocycles. The SMILES string of the molecule is CCCCCCOCCOc1ccc(CNC)cc1. The van der Waals surface area contributed by atoms with Crippen LogP contribution in [0, 0.1) is 0 Å². The predicted molar refractivity (Wildman–Crippen MR) is 79.7 cm³/mol. The van der Waals surface area contributed by atoms with E-state index < -0.39 is 0 Å². The first-order valence-electron chi connectivity index (χ1n) is 7.31. The van der Waals surface area contributed by atoms with Crippen molar-refractivity contribution in [3.05, 3.63) is 29.8 Å². The van der Waals surface area contributed by atoms with Crippen molar-refractivity contribution in [2.24, 2.45) is 0 Å². The highest BCUT2D eigenvalue weighted by Crippen LogP contribution is 2.11. The van der Waals surface area contributed by atoms with Gasteiger partial charge in [-0.3, -0.25) is 0 Å². The molecule has 0 bridgehead atoms. The molecule has 1 aromatic rings. The van der Waals surface area contributed by atoms with Crippen molar-refractivity contribution < 1.29 is 9.47 Å². The second-order valence-electron chi connectivity index (χ2n) is 4.70. The van der Waals surface area contributed by atoms with Crippen LogP contribution in [-0.2, 0) is 11.3 Å². The Morgan fingerprint density at radius 1 is 0.947 bits per heavy atom. The standard InChI is InChI=1S/C16H27NO2/c1-3-4-5-6-11-18-12-13-19-16-9-7-15(8-10-16)14-17-2/h7-10,17H,3-6,11-14H2,1-2H3. The van der Waals surface area contributed by atoms with Crippen LogP contribution in [0.15, 0.2) is 24.3 Å². The molecule has 3 nitrogen and oxygen atoms in total. The molecule has 0 heterocycles. The predicted octanol–water partition coefficient (Wildman–Crippen LogP) is 3.38. The molecule has 0 saturated carbocycles. The summed E-state index contributed by atoms with van der Waals surface area (Å²) in [7, 11) is 1.95. The quantitative estimate of drug-likeness (QED) is 0.622. The van der Waals surface area contributed by atoms with Crippen LogP contribution in [0.3, 0.4) is 0 Å². The molecule has 0 aromatic heterocycles. The molecule has 0 spiro atoms. The lowest BCUT2D eigenvalue weighted by Crippen LogP contribution is -2.08. The van der Waals surface area contributed by atoms with E-state index in [1.165, 1.54) is 24.8 Å². The first kappa shape index (κ1) is 16.0. The van der Waals surface area contributed by atoms with Crippen molar-refractivity contribution in [1.29, 1.82) is 0 Å². The van der Waals surface area contributed by atoms with E-state index in [1.54, 1.807) is 0 Å². The van der Waals surface area contributed by atoms with Gasteiger partial charge in [-0.2, -0.15) is 0 Å². The van der Waals surface area contributed by atoms with Crippen molar-refractivity contribution in [2.45, 2.75) is 39.2 Å². The topological polar surface area (TPSA) is 30.5 Å². The molecule has 108 valence electrons. The van der Waals surface area contributed by atoms with Gasteiger partial charge in [0.1, 0.15) is 12.4 Å². The average molecular weight is 265 g/mol. The minimum atomic E-state index is 0.624. The van der Waals surface area contributed by atoms with Crippen LogP contribution < -0.4 is 10.1 Å². The molecule has 1 N–H and O–H groups in total. The van der Waals surface area contributed by atoms with Gasteiger partial charge in [0, 0.05) is 13.2 Å². The summed E-state index contributed by atoms with van der Waals surface area (Å²) in [6.45, 7) is 5.26. The summed E-state index contributed by atoms with van der Waals surface area (Å²) in [5.41, 5.74) is 1.27. The lowest BCUT2D eigenvalue weighted by Gasteiger charge is -2.08. The number of unbranched alkanes of at least 4 members (excludes halogenated alkanes) is 3.